The van der Waals surface area contributed by atoms with Crippen LogP contribution in [-0.4, -0.2) is 42.7 Å². The Labute approximate surface area is 107 Å². The van der Waals surface area contributed by atoms with E-state index in [1.54, 1.807) is 7.11 Å². The second-order valence-electron chi connectivity index (χ2n) is 3.87. The van der Waals surface area contributed by atoms with Gasteiger partial charge in [-0.2, -0.15) is 4.37 Å². The average molecular weight is 258 g/mol. The molecule has 0 atom stereocenters. The van der Waals surface area contributed by atoms with E-state index in [4.69, 9.17) is 10.5 Å². The minimum absolute atomic E-state index is 0.699. The first-order valence-electron chi connectivity index (χ1n) is 6.08. The van der Waals surface area contributed by atoms with Crippen molar-refractivity contribution in [1.82, 2.24) is 9.36 Å². The predicted molar refractivity (Wildman–Crippen MR) is 71.7 cm³/mol. The summed E-state index contributed by atoms with van der Waals surface area (Å²) in [5.41, 5.74) is 5.55. The molecule has 0 spiro atoms. The van der Waals surface area contributed by atoms with Gasteiger partial charge in [0.05, 0.1) is 6.61 Å². The Hall–Kier alpha value is -0.720. The van der Waals surface area contributed by atoms with Crippen LogP contribution >= 0.6 is 11.5 Å². The Morgan fingerprint density at radius 3 is 2.88 bits per heavy atom. The van der Waals surface area contributed by atoms with Gasteiger partial charge < -0.3 is 15.4 Å². The Kier molecular flexibility index (Phi) is 7.07. The molecule has 6 heteroatoms. The SMILES string of the molecule is CCCc1nsc(N(CCCN)CCOC)n1. The number of hydrogen-bond donors (Lipinski definition) is 1. The van der Waals surface area contributed by atoms with E-state index >= 15 is 0 Å². The third kappa shape index (κ3) is 4.97. The third-order valence-corrected chi connectivity index (χ3v) is 3.21. The molecule has 1 heterocycles. The van der Waals surface area contributed by atoms with E-state index in [0.29, 0.717) is 13.2 Å². The quantitative estimate of drug-likeness (QED) is 0.723. The van der Waals surface area contributed by atoms with E-state index < -0.39 is 0 Å². The molecule has 0 fully saturated rings. The summed E-state index contributed by atoms with van der Waals surface area (Å²) in [5, 5.41) is 0.985. The van der Waals surface area contributed by atoms with Crippen LogP contribution in [0.2, 0.25) is 0 Å². The maximum atomic E-state index is 5.55. The maximum absolute atomic E-state index is 5.55. The highest BCUT2D eigenvalue weighted by atomic mass is 32.1. The molecule has 0 amide bonds. The lowest BCUT2D eigenvalue weighted by Gasteiger charge is -2.20. The van der Waals surface area contributed by atoms with Gasteiger partial charge in [-0.05, 0) is 19.4 Å². The molecule has 0 aromatic carbocycles. The number of ether oxygens (including phenoxy) is 1. The van der Waals surface area contributed by atoms with Crippen LogP contribution in [-0.2, 0) is 11.2 Å². The lowest BCUT2D eigenvalue weighted by molar-refractivity contribution is 0.205. The van der Waals surface area contributed by atoms with Gasteiger partial charge in [0.2, 0.25) is 5.13 Å². The van der Waals surface area contributed by atoms with Gasteiger partial charge in [0, 0.05) is 38.2 Å². The number of rotatable bonds is 9. The first-order chi connectivity index (χ1) is 8.31. The molecule has 0 aliphatic carbocycles. The first-order valence-corrected chi connectivity index (χ1v) is 6.85. The molecule has 98 valence electrons. The molecule has 0 saturated heterocycles. The van der Waals surface area contributed by atoms with E-state index in [-0.39, 0.29) is 0 Å². The predicted octanol–water partition coefficient (Wildman–Crippen LogP) is 1.29. The van der Waals surface area contributed by atoms with Crippen molar-refractivity contribution in [2.75, 3.05) is 38.3 Å². The highest BCUT2D eigenvalue weighted by Crippen LogP contribution is 2.18. The lowest BCUT2D eigenvalue weighted by atomic mass is 10.3. The van der Waals surface area contributed by atoms with Crippen LogP contribution in [0, 0.1) is 0 Å². The normalized spacial score (nSPS) is 10.8. The van der Waals surface area contributed by atoms with Gasteiger partial charge in [-0.15, -0.1) is 0 Å². The summed E-state index contributed by atoms with van der Waals surface area (Å²) in [6.45, 7) is 5.30. The zero-order valence-corrected chi connectivity index (χ0v) is 11.5. The summed E-state index contributed by atoms with van der Waals surface area (Å²) >= 11 is 1.47. The number of nitrogens with two attached hydrogens (primary N) is 1. The van der Waals surface area contributed by atoms with E-state index in [1.807, 2.05) is 0 Å². The van der Waals surface area contributed by atoms with Gasteiger partial charge in [-0.25, -0.2) is 4.98 Å². The molecule has 0 aliphatic rings. The lowest BCUT2D eigenvalue weighted by Crippen LogP contribution is -2.29. The molecule has 0 saturated carbocycles. The molecule has 0 unspecified atom stereocenters. The van der Waals surface area contributed by atoms with Crippen LogP contribution in [0.4, 0.5) is 5.13 Å². The fourth-order valence-corrected chi connectivity index (χ4v) is 2.25. The number of aryl methyl sites for hydroxylation is 1. The molecule has 0 bridgehead atoms. The maximum Gasteiger partial charge on any atom is 0.205 e. The number of hydrogen-bond acceptors (Lipinski definition) is 6. The van der Waals surface area contributed by atoms with Crippen molar-refractivity contribution in [2.45, 2.75) is 26.2 Å². The minimum Gasteiger partial charge on any atom is -0.383 e. The van der Waals surface area contributed by atoms with Crippen molar-refractivity contribution in [2.24, 2.45) is 5.73 Å². The summed E-state index contributed by atoms with van der Waals surface area (Å²) in [6, 6.07) is 0. The zero-order valence-electron chi connectivity index (χ0n) is 10.7. The molecular formula is C11H22N4OS. The van der Waals surface area contributed by atoms with Crippen molar-refractivity contribution < 1.29 is 4.74 Å². The molecule has 1 rings (SSSR count). The summed E-state index contributed by atoms with van der Waals surface area (Å²) in [5.74, 6) is 0.947. The summed E-state index contributed by atoms with van der Waals surface area (Å²) < 4.78 is 9.47. The second-order valence-corrected chi connectivity index (χ2v) is 4.60. The van der Waals surface area contributed by atoms with Gasteiger partial charge >= 0.3 is 0 Å². The standard InChI is InChI=1S/C11H22N4OS/c1-3-5-10-13-11(17-14-10)15(7-4-6-12)8-9-16-2/h3-9,12H2,1-2H3. The molecule has 5 nitrogen and oxygen atoms in total. The highest BCUT2D eigenvalue weighted by Gasteiger charge is 2.11. The van der Waals surface area contributed by atoms with Crippen LogP contribution in [0.3, 0.4) is 0 Å². The van der Waals surface area contributed by atoms with Crippen LogP contribution in [0.5, 0.6) is 0 Å². The van der Waals surface area contributed by atoms with Crippen LogP contribution in [0.25, 0.3) is 0 Å². The fourth-order valence-electron chi connectivity index (χ4n) is 1.49. The number of nitrogens with zero attached hydrogens (tertiary/aromatic N) is 3. The van der Waals surface area contributed by atoms with E-state index in [0.717, 1.165) is 43.3 Å². The topological polar surface area (TPSA) is 64.3 Å². The van der Waals surface area contributed by atoms with Crippen LogP contribution in [0.1, 0.15) is 25.6 Å². The van der Waals surface area contributed by atoms with Gasteiger partial charge in [0.1, 0.15) is 5.82 Å². The van der Waals surface area contributed by atoms with E-state index in [9.17, 15) is 0 Å². The monoisotopic (exact) mass is 258 g/mol. The second kappa shape index (κ2) is 8.38. The van der Waals surface area contributed by atoms with Gasteiger partial charge in [-0.1, -0.05) is 6.92 Å². The van der Waals surface area contributed by atoms with Crippen molar-refractivity contribution in [1.29, 1.82) is 0 Å². The Bertz CT molecular complexity index is 297. The Morgan fingerprint density at radius 1 is 1.41 bits per heavy atom. The fraction of sp³-hybridized carbons (Fsp3) is 0.818. The number of anilines is 1. The zero-order chi connectivity index (χ0) is 12.5. The summed E-state index contributed by atoms with van der Waals surface area (Å²) in [4.78, 5) is 6.74. The Morgan fingerprint density at radius 2 is 2.24 bits per heavy atom. The van der Waals surface area contributed by atoms with Gasteiger partial charge in [0.25, 0.3) is 0 Å². The first kappa shape index (κ1) is 14.3. The van der Waals surface area contributed by atoms with E-state index in [1.165, 1.54) is 11.5 Å². The minimum atomic E-state index is 0.699. The third-order valence-electron chi connectivity index (χ3n) is 2.40. The van der Waals surface area contributed by atoms with Crippen molar-refractivity contribution >= 4 is 16.7 Å². The van der Waals surface area contributed by atoms with Crippen molar-refractivity contribution in [3.8, 4) is 0 Å². The van der Waals surface area contributed by atoms with Gasteiger partial charge in [0.15, 0.2) is 0 Å². The molecule has 2 N–H and O–H groups in total. The summed E-state index contributed by atoms with van der Waals surface area (Å²) in [7, 11) is 1.71. The summed E-state index contributed by atoms with van der Waals surface area (Å²) in [6.07, 6.45) is 2.99. The average Bonchev–Trinajstić information content (AvgIpc) is 2.78. The van der Waals surface area contributed by atoms with Gasteiger partial charge in [-0.3, -0.25) is 0 Å². The molecule has 17 heavy (non-hydrogen) atoms. The molecule has 0 radical (unpaired) electrons. The number of methoxy groups -OCH3 is 1. The smallest absolute Gasteiger partial charge is 0.205 e. The van der Waals surface area contributed by atoms with Crippen molar-refractivity contribution in [3.05, 3.63) is 5.82 Å². The van der Waals surface area contributed by atoms with Crippen molar-refractivity contribution in [3.63, 3.8) is 0 Å². The largest absolute Gasteiger partial charge is 0.383 e. The van der Waals surface area contributed by atoms with Crippen LogP contribution in [0.15, 0.2) is 0 Å². The number of aromatic nitrogens is 2. The molecule has 1 aromatic rings. The Balaban J connectivity index is 2.58. The molecule has 0 aliphatic heterocycles. The highest BCUT2D eigenvalue weighted by molar-refractivity contribution is 7.09. The molecular weight excluding hydrogens is 236 g/mol. The molecule has 1 aromatic heterocycles. The van der Waals surface area contributed by atoms with E-state index in [2.05, 4.69) is 21.2 Å². The van der Waals surface area contributed by atoms with Crippen LogP contribution < -0.4 is 10.6 Å².